The van der Waals surface area contributed by atoms with Crippen molar-refractivity contribution in [2.45, 2.75) is 12.8 Å². The summed E-state index contributed by atoms with van der Waals surface area (Å²) in [5.41, 5.74) is 1.70. The lowest BCUT2D eigenvalue weighted by molar-refractivity contribution is -0.116. The number of carbonyl (C=O) groups is 2. The normalized spacial score (nSPS) is 10.5. The van der Waals surface area contributed by atoms with Gasteiger partial charge in [0.05, 0.1) is 17.6 Å². The van der Waals surface area contributed by atoms with Crippen molar-refractivity contribution in [3.63, 3.8) is 0 Å². The minimum Gasteiger partial charge on any atom is -0.478 e. The van der Waals surface area contributed by atoms with Crippen LogP contribution in [0.2, 0.25) is 0 Å². The number of carboxylic acid groups (broad SMARTS) is 1. The number of hydrogen-bond donors (Lipinski definition) is 2. The Bertz CT molecular complexity index is 921. The van der Waals surface area contributed by atoms with Gasteiger partial charge in [0.2, 0.25) is 5.91 Å². The summed E-state index contributed by atoms with van der Waals surface area (Å²) in [5, 5.41) is 16.2. The van der Waals surface area contributed by atoms with Gasteiger partial charge in [0.15, 0.2) is 0 Å². The van der Waals surface area contributed by atoms with Gasteiger partial charge in [-0.3, -0.25) is 4.79 Å². The Morgan fingerprint density at radius 3 is 2.42 bits per heavy atom. The number of amides is 1. The molecule has 6 nitrogen and oxygen atoms in total. The van der Waals surface area contributed by atoms with Crippen LogP contribution in [0, 0.1) is 5.82 Å². The van der Waals surface area contributed by atoms with E-state index in [9.17, 15) is 19.1 Å². The number of carboxylic acids is 1. The molecule has 0 radical (unpaired) electrons. The second-order valence-electron chi connectivity index (χ2n) is 5.61. The largest absolute Gasteiger partial charge is 0.478 e. The fraction of sp³-hybridized carbons (Fsp3) is 0.105. The Hall–Kier alpha value is -3.48. The van der Waals surface area contributed by atoms with Gasteiger partial charge in [-0.15, -0.1) is 0 Å². The Morgan fingerprint density at radius 1 is 1.08 bits per heavy atom. The molecule has 0 saturated heterocycles. The number of halogens is 1. The lowest BCUT2D eigenvalue weighted by Gasteiger charge is -2.09. The van der Waals surface area contributed by atoms with Crippen LogP contribution in [0.1, 0.15) is 22.5 Å². The molecule has 26 heavy (non-hydrogen) atoms. The van der Waals surface area contributed by atoms with Crippen LogP contribution in [-0.2, 0) is 11.2 Å². The number of rotatable bonds is 6. The number of aromatic nitrogens is 2. The zero-order valence-electron chi connectivity index (χ0n) is 13.7. The molecule has 2 aromatic carbocycles. The summed E-state index contributed by atoms with van der Waals surface area (Å²) in [4.78, 5) is 23.6. The van der Waals surface area contributed by atoms with Crippen LogP contribution in [-0.4, -0.2) is 26.8 Å². The molecule has 1 heterocycles. The smallest absolute Gasteiger partial charge is 0.339 e. The molecule has 132 valence electrons. The predicted octanol–water partition coefficient (Wildman–Crippen LogP) is 3.28. The average molecular weight is 353 g/mol. The minimum atomic E-state index is -1.10. The fourth-order valence-corrected chi connectivity index (χ4v) is 2.57. The zero-order chi connectivity index (χ0) is 18.5. The number of nitrogens with zero attached hydrogens (tertiary/aromatic N) is 2. The van der Waals surface area contributed by atoms with E-state index in [1.807, 2.05) is 18.2 Å². The van der Waals surface area contributed by atoms with Crippen molar-refractivity contribution in [1.29, 1.82) is 0 Å². The molecule has 0 bridgehead atoms. The highest BCUT2D eigenvalue weighted by atomic mass is 19.1. The summed E-state index contributed by atoms with van der Waals surface area (Å²) >= 11 is 0. The summed E-state index contributed by atoms with van der Waals surface area (Å²) in [6, 6.07) is 14.5. The third kappa shape index (κ3) is 3.94. The van der Waals surface area contributed by atoms with E-state index in [1.54, 1.807) is 12.1 Å². The van der Waals surface area contributed by atoms with Crippen molar-refractivity contribution in [1.82, 2.24) is 9.78 Å². The van der Waals surface area contributed by atoms with Crippen LogP contribution in [0.25, 0.3) is 5.69 Å². The molecular formula is C19H16FN3O3. The highest BCUT2D eigenvalue weighted by Gasteiger charge is 2.18. The van der Waals surface area contributed by atoms with Crippen molar-refractivity contribution in [3.05, 3.63) is 77.9 Å². The summed E-state index contributed by atoms with van der Waals surface area (Å²) in [7, 11) is 0. The number of hydrogen-bond acceptors (Lipinski definition) is 3. The molecule has 0 aliphatic heterocycles. The van der Waals surface area contributed by atoms with E-state index in [2.05, 4.69) is 10.4 Å². The molecular weight excluding hydrogens is 337 g/mol. The molecule has 0 aliphatic rings. The molecule has 2 N–H and O–H groups in total. The molecule has 7 heteroatoms. The average Bonchev–Trinajstić information content (AvgIpc) is 3.07. The van der Waals surface area contributed by atoms with Gasteiger partial charge in [-0.2, -0.15) is 5.10 Å². The third-order valence-electron chi connectivity index (χ3n) is 3.82. The first-order valence-electron chi connectivity index (χ1n) is 7.95. The van der Waals surface area contributed by atoms with Crippen molar-refractivity contribution < 1.29 is 19.1 Å². The Labute approximate surface area is 148 Å². The minimum absolute atomic E-state index is 0.0587. The Morgan fingerprint density at radius 2 is 1.77 bits per heavy atom. The molecule has 0 spiro atoms. The van der Waals surface area contributed by atoms with Gasteiger partial charge in [0.1, 0.15) is 11.4 Å². The second kappa shape index (κ2) is 7.60. The number of aromatic carboxylic acids is 1. The molecule has 1 amide bonds. The van der Waals surface area contributed by atoms with E-state index in [0.29, 0.717) is 17.1 Å². The van der Waals surface area contributed by atoms with Crippen LogP contribution in [0.4, 0.5) is 10.1 Å². The van der Waals surface area contributed by atoms with Crippen LogP contribution in [0.5, 0.6) is 0 Å². The van der Waals surface area contributed by atoms with Gasteiger partial charge < -0.3 is 10.4 Å². The summed E-state index contributed by atoms with van der Waals surface area (Å²) in [6.45, 7) is 0. The lowest BCUT2D eigenvalue weighted by Crippen LogP contribution is -2.15. The number of para-hydroxylation sites is 1. The molecule has 0 saturated carbocycles. The van der Waals surface area contributed by atoms with E-state index in [-0.39, 0.29) is 30.1 Å². The Balaban J connectivity index is 1.76. The van der Waals surface area contributed by atoms with E-state index >= 15 is 0 Å². The number of anilines is 1. The van der Waals surface area contributed by atoms with Crippen LogP contribution < -0.4 is 5.32 Å². The van der Waals surface area contributed by atoms with Crippen LogP contribution in [0.15, 0.2) is 60.8 Å². The SMILES string of the molecule is O=C(CCc1c(C(=O)O)cnn1-c1ccccc1)Nc1ccc(F)cc1. The maximum absolute atomic E-state index is 12.9. The molecule has 0 atom stereocenters. The molecule has 3 rings (SSSR count). The zero-order valence-corrected chi connectivity index (χ0v) is 13.7. The standard InChI is InChI=1S/C19H16FN3O3/c20-13-6-8-14(9-7-13)22-18(24)11-10-17-16(19(25)26)12-21-23(17)15-4-2-1-3-5-15/h1-9,12H,10-11H2,(H,22,24)(H,25,26). The lowest BCUT2D eigenvalue weighted by atomic mass is 10.1. The van der Waals surface area contributed by atoms with Crippen molar-refractivity contribution in [2.24, 2.45) is 0 Å². The van der Waals surface area contributed by atoms with Gasteiger partial charge in [-0.1, -0.05) is 18.2 Å². The van der Waals surface area contributed by atoms with E-state index < -0.39 is 5.97 Å². The first-order chi connectivity index (χ1) is 12.5. The van der Waals surface area contributed by atoms with Gasteiger partial charge in [-0.05, 0) is 42.8 Å². The monoisotopic (exact) mass is 353 g/mol. The van der Waals surface area contributed by atoms with Crippen molar-refractivity contribution >= 4 is 17.6 Å². The Kier molecular flexibility index (Phi) is 5.07. The van der Waals surface area contributed by atoms with Gasteiger partial charge >= 0.3 is 5.97 Å². The van der Waals surface area contributed by atoms with Gasteiger partial charge in [0, 0.05) is 12.1 Å². The second-order valence-corrected chi connectivity index (χ2v) is 5.61. The molecule has 1 aromatic heterocycles. The third-order valence-corrected chi connectivity index (χ3v) is 3.82. The maximum Gasteiger partial charge on any atom is 0.339 e. The summed E-state index contributed by atoms with van der Waals surface area (Å²) in [6.07, 6.45) is 1.54. The first kappa shape index (κ1) is 17.3. The van der Waals surface area contributed by atoms with E-state index in [4.69, 9.17) is 0 Å². The van der Waals surface area contributed by atoms with Gasteiger partial charge in [0.25, 0.3) is 0 Å². The maximum atomic E-state index is 12.9. The van der Waals surface area contributed by atoms with Crippen molar-refractivity contribution in [3.8, 4) is 5.69 Å². The molecule has 0 unspecified atom stereocenters. The fourth-order valence-electron chi connectivity index (χ4n) is 2.57. The summed E-state index contributed by atoms with van der Waals surface area (Å²) < 4.78 is 14.4. The first-order valence-corrected chi connectivity index (χ1v) is 7.95. The van der Waals surface area contributed by atoms with Gasteiger partial charge in [-0.25, -0.2) is 13.9 Å². The van der Waals surface area contributed by atoms with E-state index in [0.717, 1.165) is 0 Å². The summed E-state index contributed by atoms with van der Waals surface area (Å²) in [5.74, 6) is -1.78. The molecule has 0 fully saturated rings. The highest BCUT2D eigenvalue weighted by Crippen LogP contribution is 2.17. The number of carbonyl (C=O) groups excluding carboxylic acids is 1. The molecule has 0 aliphatic carbocycles. The highest BCUT2D eigenvalue weighted by molar-refractivity contribution is 5.92. The molecule has 3 aromatic rings. The van der Waals surface area contributed by atoms with Crippen LogP contribution >= 0.6 is 0 Å². The van der Waals surface area contributed by atoms with Crippen LogP contribution in [0.3, 0.4) is 0 Å². The number of nitrogens with one attached hydrogen (secondary N) is 1. The topological polar surface area (TPSA) is 84.2 Å². The van der Waals surface area contributed by atoms with E-state index in [1.165, 1.54) is 35.1 Å². The predicted molar refractivity (Wildman–Crippen MR) is 93.9 cm³/mol. The van der Waals surface area contributed by atoms with Crippen molar-refractivity contribution in [2.75, 3.05) is 5.32 Å². The quantitative estimate of drug-likeness (QED) is 0.712. The number of benzene rings is 2.